The molecular formula is C14H12FNO2. The van der Waals surface area contributed by atoms with E-state index in [4.69, 9.17) is 10.5 Å². The Balaban J connectivity index is 2.40. The number of anilines is 1. The van der Waals surface area contributed by atoms with Crippen molar-refractivity contribution in [1.82, 2.24) is 0 Å². The summed E-state index contributed by atoms with van der Waals surface area (Å²) in [4.78, 5) is 12.1. The van der Waals surface area contributed by atoms with E-state index in [1.165, 1.54) is 25.3 Å². The van der Waals surface area contributed by atoms with Crippen LogP contribution in [0.15, 0.2) is 42.5 Å². The van der Waals surface area contributed by atoms with E-state index in [1.54, 1.807) is 24.3 Å². The number of nitrogens with two attached hydrogens (primary N) is 1. The van der Waals surface area contributed by atoms with Crippen LogP contribution in [-0.2, 0) is 0 Å². The molecule has 2 rings (SSSR count). The Morgan fingerprint density at radius 1 is 1.22 bits per heavy atom. The fraction of sp³-hybridized carbons (Fsp3) is 0.0714. The molecule has 0 atom stereocenters. The number of nitrogen functional groups attached to an aromatic ring is 1. The highest BCUT2D eigenvalue weighted by Gasteiger charge is 2.14. The van der Waals surface area contributed by atoms with Gasteiger partial charge >= 0.3 is 0 Å². The molecule has 0 bridgehead atoms. The predicted octanol–water partition coefficient (Wildman–Crippen LogP) is 2.65. The summed E-state index contributed by atoms with van der Waals surface area (Å²) in [6.45, 7) is 0. The Labute approximate surface area is 104 Å². The summed E-state index contributed by atoms with van der Waals surface area (Å²) in [5.41, 5.74) is 6.42. The molecule has 0 amide bonds. The van der Waals surface area contributed by atoms with Gasteiger partial charge in [-0.3, -0.25) is 4.79 Å². The molecule has 0 aliphatic heterocycles. The number of carbonyl (C=O) groups excluding carboxylic acids is 1. The Bertz CT molecular complexity index is 596. The average molecular weight is 245 g/mol. The number of rotatable bonds is 3. The molecule has 18 heavy (non-hydrogen) atoms. The number of methoxy groups -OCH3 is 1. The molecule has 0 unspecified atom stereocenters. The fourth-order valence-electron chi connectivity index (χ4n) is 1.64. The lowest BCUT2D eigenvalue weighted by Gasteiger charge is -2.05. The van der Waals surface area contributed by atoms with Gasteiger partial charge < -0.3 is 10.5 Å². The third kappa shape index (κ3) is 2.32. The van der Waals surface area contributed by atoms with E-state index in [2.05, 4.69) is 0 Å². The molecule has 2 aromatic rings. The molecule has 0 aromatic heterocycles. The molecule has 0 radical (unpaired) electrons. The fourth-order valence-corrected chi connectivity index (χ4v) is 1.64. The Hall–Kier alpha value is -2.36. The van der Waals surface area contributed by atoms with Crippen LogP contribution in [0.5, 0.6) is 5.75 Å². The van der Waals surface area contributed by atoms with E-state index in [0.717, 1.165) is 0 Å². The van der Waals surface area contributed by atoms with Crippen molar-refractivity contribution in [3.05, 3.63) is 59.4 Å². The van der Waals surface area contributed by atoms with E-state index in [9.17, 15) is 9.18 Å². The summed E-state index contributed by atoms with van der Waals surface area (Å²) >= 11 is 0. The van der Waals surface area contributed by atoms with E-state index in [0.29, 0.717) is 17.0 Å². The van der Waals surface area contributed by atoms with Gasteiger partial charge in [-0.05, 0) is 24.3 Å². The van der Waals surface area contributed by atoms with Crippen molar-refractivity contribution in [1.29, 1.82) is 0 Å². The second-order valence-corrected chi connectivity index (χ2v) is 3.80. The average Bonchev–Trinajstić information content (AvgIpc) is 2.37. The minimum atomic E-state index is -0.609. The molecule has 2 aromatic carbocycles. The zero-order valence-corrected chi connectivity index (χ0v) is 9.81. The van der Waals surface area contributed by atoms with Crippen molar-refractivity contribution in [2.24, 2.45) is 0 Å². The van der Waals surface area contributed by atoms with Crippen LogP contribution >= 0.6 is 0 Å². The van der Waals surface area contributed by atoms with Crippen LogP contribution in [0.3, 0.4) is 0 Å². The van der Waals surface area contributed by atoms with Crippen molar-refractivity contribution in [2.45, 2.75) is 0 Å². The van der Waals surface area contributed by atoms with Crippen molar-refractivity contribution in [2.75, 3.05) is 12.8 Å². The first kappa shape index (κ1) is 12.1. The highest BCUT2D eigenvalue weighted by atomic mass is 19.1. The number of benzene rings is 2. The first-order chi connectivity index (χ1) is 8.61. The normalized spacial score (nSPS) is 10.1. The topological polar surface area (TPSA) is 52.3 Å². The van der Waals surface area contributed by atoms with Crippen LogP contribution in [-0.4, -0.2) is 12.9 Å². The van der Waals surface area contributed by atoms with Gasteiger partial charge in [0.2, 0.25) is 0 Å². The third-order valence-electron chi connectivity index (χ3n) is 2.57. The molecular weight excluding hydrogens is 233 g/mol. The lowest BCUT2D eigenvalue weighted by molar-refractivity contribution is 0.103. The van der Waals surface area contributed by atoms with Gasteiger partial charge in [-0.25, -0.2) is 4.39 Å². The van der Waals surface area contributed by atoms with Gasteiger partial charge in [0, 0.05) is 17.3 Å². The maximum Gasteiger partial charge on any atom is 0.196 e. The van der Waals surface area contributed by atoms with E-state index < -0.39 is 11.6 Å². The van der Waals surface area contributed by atoms with E-state index in [1.807, 2.05) is 0 Å². The Morgan fingerprint density at radius 2 is 2.00 bits per heavy atom. The highest BCUT2D eigenvalue weighted by Crippen LogP contribution is 2.20. The lowest BCUT2D eigenvalue weighted by atomic mass is 10.0. The molecule has 0 heterocycles. The monoisotopic (exact) mass is 245 g/mol. The zero-order chi connectivity index (χ0) is 13.1. The number of carbonyl (C=O) groups is 1. The number of ether oxygens (including phenoxy) is 1. The van der Waals surface area contributed by atoms with Gasteiger partial charge in [0.25, 0.3) is 0 Å². The molecule has 0 spiro atoms. The summed E-state index contributed by atoms with van der Waals surface area (Å²) in [7, 11) is 1.44. The summed E-state index contributed by atoms with van der Waals surface area (Å²) < 4.78 is 18.6. The number of halogens is 1. The number of hydrogen-bond acceptors (Lipinski definition) is 3. The lowest BCUT2D eigenvalue weighted by Crippen LogP contribution is -2.05. The third-order valence-corrected chi connectivity index (χ3v) is 2.57. The van der Waals surface area contributed by atoms with Crippen LogP contribution in [0.25, 0.3) is 0 Å². The first-order valence-electron chi connectivity index (χ1n) is 5.35. The van der Waals surface area contributed by atoms with E-state index in [-0.39, 0.29) is 5.56 Å². The van der Waals surface area contributed by atoms with Gasteiger partial charge in [-0.1, -0.05) is 12.1 Å². The van der Waals surface area contributed by atoms with Crippen LogP contribution < -0.4 is 10.5 Å². The maximum atomic E-state index is 13.7. The first-order valence-corrected chi connectivity index (χ1v) is 5.35. The van der Waals surface area contributed by atoms with Crippen LogP contribution in [0.4, 0.5) is 10.1 Å². The van der Waals surface area contributed by atoms with Gasteiger partial charge in [0.1, 0.15) is 11.6 Å². The molecule has 0 aliphatic carbocycles. The van der Waals surface area contributed by atoms with Crippen molar-refractivity contribution < 1.29 is 13.9 Å². The minimum Gasteiger partial charge on any atom is -0.497 e. The molecule has 0 saturated heterocycles. The minimum absolute atomic E-state index is 0.00130. The van der Waals surface area contributed by atoms with Crippen molar-refractivity contribution >= 4 is 11.5 Å². The second-order valence-electron chi connectivity index (χ2n) is 3.80. The number of hydrogen-bond donors (Lipinski definition) is 1. The quantitative estimate of drug-likeness (QED) is 0.668. The molecule has 0 aliphatic rings. The summed E-state index contributed by atoms with van der Waals surface area (Å²) in [6, 6.07) is 10.6. The van der Waals surface area contributed by atoms with Crippen LogP contribution in [0, 0.1) is 5.82 Å². The van der Waals surface area contributed by atoms with Gasteiger partial charge in [-0.15, -0.1) is 0 Å². The van der Waals surface area contributed by atoms with Crippen LogP contribution in [0.1, 0.15) is 15.9 Å². The smallest absolute Gasteiger partial charge is 0.196 e. The van der Waals surface area contributed by atoms with Gasteiger partial charge in [0.15, 0.2) is 5.78 Å². The zero-order valence-electron chi connectivity index (χ0n) is 9.81. The molecule has 0 saturated carbocycles. The van der Waals surface area contributed by atoms with Crippen molar-refractivity contribution in [3.8, 4) is 5.75 Å². The Morgan fingerprint density at radius 3 is 2.61 bits per heavy atom. The predicted molar refractivity (Wildman–Crippen MR) is 67.2 cm³/mol. The summed E-state index contributed by atoms with van der Waals surface area (Å²) in [5, 5.41) is 0. The second kappa shape index (κ2) is 4.87. The molecule has 3 nitrogen and oxygen atoms in total. The standard InChI is InChI=1S/C14H12FNO2/c1-18-11-5-6-12(13(15)8-11)14(17)9-3-2-4-10(16)7-9/h2-8H,16H2,1H3. The largest absolute Gasteiger partial charge is 0.497 e. The SMILES string of the molecule is COc1ccc(C(=O)c2cccc(N)c2)c(F)c1. The summed E-state index contributed by atoms with van der Waals surface area (Å²) in [6.07, 6.45) is 0. The van der Waals surface area contributed by atoms with E-state index >= 15 is 0 Å². The number of ketones is 1. The molecule has 92 valence electrons. The van der Waals surface area contributed by atoms with Gasteiger partial charge in [0.05, 0.1) is 12.7 Å². The Kier molecular flexibility index (Phi) is 3.28. The summed E-state index contributed by atoms with van der Waals surface area (Å²) in [5.74, 6) is -0.638. The molecule has 0 fully saturated rings. The van der Waals surface area contributed by atoms with Gasteiger partial charge in [-0.2, -0.15) is 0 Å². The van der Waals surface area contributed by atoms with Crippen LogP contribution in [0.2, 0.25) is 0 Å². The highest BCUT2D eigenvalue weighted by molar-refractivity contribution is 6.09. The maximum absolute atomic E-state index is 13.7. The molecule has 4 heteroatoms. The molecule has 2 N–H and O–H groups in total. The van der Waals surface area contributed by atoms with Crippen molar-refractivity contribution in [3.63, 3.8) is 0 Å².